The molecular weight excluding hydrogens is 202 g/mol. The number of tetrazole rings is 1. The van der Waals surface area contributed by atoms with E-state index in [1.165, 1.54) is 0 Å². The second-order valence-electron chi connectivity index (χ2n) is 3.77. The summed E-state index contributed by atoms with van der Waals surface area (Å²) in [7, 11) is 0. The highest BCUT2D eigenvalue weighted by Crippen LogP contribution is 2.16. The van der Waals surface area contributed by atoms with Gasteiger partial charge in [0.1, 0.15) is 0 Å². The van der Waals surface area contributed by atoms with Gasteiger partial charge >= 0.3 is 0 Å². The van der Waals surface area contributed by atoms with Gasteiger partial charge in [-0.15, -0.1) is 15.0 Å². The van der Waals surface area contributed by atoms with Crippen LogP contribution in [0.4, 0.5) is 0 Å². The van der Waals surface area contributed by atoms with Crippen LogP contribution in [0.15, 0.2) is 18.2 Å². The number of benzene rings is 1. The van der Waals surface area contributed by atoms with E-state index >= 15 is 0 Å². The molecule has 0 atom stereocenters. The Balaban J connectivity index is 2.42. The van der Waals surface area contributed by atoms with E-state index < -0.39 is 0 Å². The minimum atomic E-state index is 0.540. The van der Waals surface area contributed by atoms with Gasteiger partial charge in [-0.3, -0.25) is 0 Å². The second-order valence-corrected chi connectivity index (χ2v) is 3.77. The van der Waals surface area contributed by atoms with Gasteiger partial charge in [-0.25, -0.2) is 0 Å². The largest absolute Gasteiger partial charge is 0.330 e. The molecule has 0 fully saturated rings. The van der Waals surface area contributed by atoms with E-state index in [-0.39, 0.29) is 0 Å². The summed E-state index contributed by atoms with van der Waals surface area (Å²) in [4.78, 5) is 1.58. The molecule has 0 saturated heterocycles. The SMILES string of the molecule is Cc1cccc(C)c1-n1nnc(CCN)n1. The molecule has 0 aliphatic heterocycles. The van der Waals surface area contributed by atoms with Crippen molar-refractivity contribution in [3.63, 3.8) is 0 Å². The number of rotatable bonds is 3. The van der Waals surface area contributed by atoms with Crippen molar-refractivity contribution >= 4 is 0 Å². The number of hydrogen-bond acceptors (Lipinski definition) is 4. The molecule has 2 N–H and O–H groups in total. The maximum Gasteiger partial charge on any atom is 0.176 e. The Labute approximate surface area is 94.3 Å². The van der Waals surface area contributed by atoms with Gasteiger partial charge in [0.15, 0.2) is 5.82 Å². The highest BCUT2D eigenvalue weighted by atomic mass is 15.6. The van der Waals surface area contributed by atoms with Crippen molar-refractivity contribution in [2.45, 2.75) is 20.3 Å². The van der Waals surface area contributed by atoms with E-state index in [9.17, 15) is 0 Å². The van der Waals surface area contributed by atoms with E-state index in [0.717, 1.165) is 16.8 Å². The molecule has 1 aromatic carbocycles. The van der Waals surface area contributed by atoms with Crippen LogP contribution in [0.25, 0.3) is 5.69 Å². The topological polar surface area (TPSA) is 69.6 Å². The van der Waals surface area contributed by atoms with Crippen LogP contribution in [0.3, 0.4) is 0 Å². The zero-order chi connectivity index (χ0) is 11.5. The predicted molar refractivity (Wildman–Crippen MR) is 61.4 cm³/mol. The summed E-state index contributed by atoms with van der Waals surface area (Å²) in [5, 5.41) is 12.3. The lowest BCUT2D eigenvalue weighted by atomic mass is 10.1. The lowest BCUT2D eigenvalue weighted by Crippen LogP contribution is -2.06. The Hall–Kier alpha value is -1.75. The number of nitrogens with zero attached hydrogens (tertiary/aromatic N) is 4. The number of aromatic nitrogens is 4. The molecule has 0 amide bonds. The fourth-order valence-electron chi connectivity index (χ4n) is 1.69. The molecule has 1 heterocycles. The first-order valence-corrected chi connectivity index (χ1v) is 5.28. The number of hydrogen-bond donors (Lipinski definition) is 1. The first-order chi connectivity index (χ1) is 7.72. The summed E-state index contributed by atoms with van der Waals surface area (Å²) in [6.07, 6.45) is 0.658. The Morgan fingerprint density at radius 1 is 1.25 bits per heavy atom. The monoisotopic (exact) mass is 217 g/mol. The summed E-state index contributed by atoms with van der Waals surface area (Å²) >= 11 is 0. The maximum atomic E-state index is 5.45. The molecule has 0 unspecified atom stereocenters. The van der Waals surface area contributed by atoms with Crippen LogP contribution in [0.5, 0.6) is 0 Å². The van der Waals surface area contributed by atoms with Crippen LogP contribution >= 0.6 is 0 Å². The summed E-state index contributed by atoms with van der Waals surface area (Å²) in [6.45, 7) is 4.61. The van der Waals surface area contributed by atoms with Crippen molar-refractivity contribution in [2.75, 3.05) is 6.54 Å². The molecule has 16 heavy (non-hydrogen) atoms. The Kier molecular flexibility index (Phi) is 2.96. The van der Waals surface area contributed by atoms with Crippen molar-refractivity contribution in [2.24, 2.45) is 5.73 Å². The molecule has 0 saturated carbocycles. The molecular formula is C11H15N5. The Morgan fingerprint density at radius 3 is 2.56 bits per heavy atom. The van der Waals surface area contributed by atoms with Gasteiger partial charge in [0.25, 0.3) is 0 Å². The number of para-hydroxylation sites is 1. The lowest BCUT2D eigenvalue weighted by molar-refractivity contribution is 0.709. The molecule has 5 nitrogen and oxygen atoms in total. The van der Waals surface area contributed by atoms with Gasteiger partial charge in [0.2, 0.25) is 0 Å². The predicted octanol–water partition coefficient (Wildman–Crippen LogP) is 0.780. The van der Waals surface area contributed by atoms with E-state index in [0.29, 0.717) is 18.8 Å². The van der Waals surface area contributed by atoms with E-state index in [1.807, 2.05) is 32.0 Å². The van der Waals surface area contributed by atoms with Gasteiger partial charge in [-0.1, -0.05) is 18.2 Å². The molecule has 84 valence electrons. The maximum absolute atomic E-state index is 5.45. The van der Waals surface area contributed by atoms with Gasteiger partial charge in [-0.2, -0.15) is 0 Å². The minimum Gasteiger partial charge on any atom is -0.330 e. The second kappa shape index (κ2) is 4.40. The molecule has 1 aromatic heterocycles. The molecule has 2 aromatic rings. The fourth-order valence-corrected chi connectivity index (χ4v) is 1.69. The van der Waals surface area contributed by atoms with Crippen molar-refractivity contribution < 1.29 is 0 Å². The van der Waals surface area contributed by atoms with Crippen molar-refractivity contribution in [1.82, 2.24) is 20.2 Å². The van der Waals surface area contributed by atoms with Gasteiger partial charge < -0.3 is 5.73 Å². The van der Waals surface area contributed by atoms with Crippen molar-refractivity contribution in [3.8, 4) is 5.69 Å². The molecule has 2 rings (SSSR count). The average Bonchev–Trinajstić information content (AvgIpc) is 2.67. The zero-order valence-electron chi connectivity index (χ0n) is 9.51. The van der Waals surface area contributed by atoms with Crippen LogP contribution in [0, 0.1) is 13.8 Å². The summed E-state index contributed by atoms with van der Waals surface area (Å²) in [5.41, 5.74) is 8.72. The standard InChI is InChI=1S/C11H15N5/c1-8-4-3-5-9(2)11(8)16-14-10(6-7-12)13-15-16/h3-5H,6-7,12H2,1-2H3. The quantitative estimate of drug-likeness (QED) is 0.824. The fraction of sp³-hybridized carbons (Fsp3) is 0.364. The van der Waals surface area contributed by atoms with Gasteiger partial charge in [-0.05, 0) is 36.7 Å². The molecule has 0 bridgehead atoms. The molecule has 5 heteroatoms. The molecule has 0 aliphatic rings. The zero-order valence-corrected chi connectivity index (χ0v) is 9.51. The van der Waals surface area contributed by atoms with Crippen LogP contribution in [0.1, 0.15) is 17.0 Å². The number of nitrogens with two attached hydrogens (primary N) is 1. The van der Waals surface area contributed by atoms with Gasteiger partial charge in [0.05, 0.1) is 5.69 Å². The lowest BCUT2D eigenvalue weighted by Gasteiger charge is -2.06. The average molecular weight is 217 g/mol. The summed E-state index contributed by atoms with van der Waals surface area (Å²) < 4.78 is 0. The molecule has 0 aliphatic carbocycles. The summed E-state index contributed by atoms with van der Waals surface area (Å²) in [6, 6.07) is 6.09. The molecule has 0 radical (unpaired) electrons. The van der Waals surface area contributed by atoms with Crippen molar-refractivity contribution in [1.29, 1.82) is 0 Å². The van der Waals surface area contributed by atoms with E-state index in [4.69, 9.17) is 5.73 Å². The Bertz CT molecular complexity index is 469. The normalized spacial score (nSPS) is 10.7. The minimum absolute atomic E-state index is 0.540. The van der Waals surface area contributed by atoms with Crippen LogP contribution in [-0.4, -0.2) is 26.8 Å². The van der Waals surface area contributed by atoms with Crippen LogP contribution in [-0.2, 0) is 6.42 Å². The van der Waals surface area contributed by atoms with E-state index in [1.54, 1.807) is 4.80 Å². The third kappa shape index (κ3) is 1.94. The Morgan fingerprint density at radius 2 is 1.94 bits per heavy atom. The smallest absolute Gasteiger partial charge is 0.176 e. The third-order valence-electron chi connectivity index (χ3n) is 2.46. The number of aryl methyl sites for hydroxylation is 2. The van der Waals surface area contributed by atoms with E-state index in [2.05, 4.69) is 15.4 Å². The van der Waals surface area contributed by atoms with Gasteiger partial charge in [0, 0.05) is 6.42 Å². The highest BCUT2D eigenvalue weighted by Gasteiger charge is 2.08. The van der Waals surface area contributed by atoms with Crippen molar-refractivity contribution in [3.05, 3.63) is 35.2 Å². The highest BCUT2D eigenvalue weighted by molar-refractivity contribution is 5.45. The molecule has 0 spiro atoms. The first-order valence-electron chi connectivity index (χ1n) is 5.28. The summed E-state index contributed by atoms with van der Waals surface area (Å²) in [5.74, 6) is 0.685. The first kappa shape index (κ1) is 10.8. The van der Waals surface area contributed by atoms with Crippen LogP contribution in [0.2, 0.25) is 0 Å². The van der Waals surface area contributed by atoms with Crippen LogP contribution < -0.4 is 5.73 Å². The third-order valence-corrected chi connectivity index (χ3v) is 2.46.